The van der Waals surface area contributed by atoms with Crippen molar-refractivity contribution in [1.82, 2.24) is 13.9 Å². The largest absolute Gasteiger partial charge is 0.268 e. The summed E-state index contributed by atoms with van der Waals surface area (Å²) in [5.41, 5.74) is 1.79. The molecule has 8 heteroatoms. The smallest absolute Gasteiger partial charge is 0.266 e. The number of sulfonamides is 1. The van der Waals surface area contributed by atoms with Gasteiger partial charge in [0.15, 0.2) is 0 Å². The number of para-hydroxylation sites is 1. The third-order valence-corrected chi connectivity index (χ3v) is 8.74. The second kappa shape index (κ2) is 10.9. The molecule has 0 aliphatic carbocycles. The van der Waals surface area contributed by atoms with E-state index in [4.69, 9.17) is 16.6 Å². The minimum Gasteiger partial charge on any atom is -0.268 e. The normalized spacial score (nSPS) is 12.6. The summed E-state index contributed by atoms with van der Waals surface area (Å²) >= 11 is 6.12. The van der Waals surface area contributed by atoms with Gasteiger partial charge >= 0.3 is 0 Å². The van der Waals surface area contributed by atoms with Gasteiger partial charge in [-0.05, 0) is 67.4 Å². The minimum absolute atomic E-state index is 0.182. The predicted octanol–water partition coefficient (Wildman–Crippen LogP) is 6.03. The van der Waals surface area contributed by atoms with Crippen LogP contribution in [-0.2, 0) is 16.4 Å². The molecular weight excluding hydrogens is 518 g/mol. The van der Waals surface area contributed by atoms with Gasteiger partial charge < -0.3 is 0 Å². The first-order chi connectivity index (χ1) is 18.4. The number of hydrogen-bond acceptors (Lipinski definition) is 4. The van der Waals surface area contributed by atoms with E-state index in [0.717, 1.165) is 5.56 Å². The van der Waals surface area contributed by atoms with Crippen molar-refractivity contribution in [3.63, 3.8) is 0 Å². The lowest BCUT2D eigenvalue weighted by Crippen LogP contribution is -2.38. The summed E-state index contributed by atoms with van der Waals surface area (Å²) in [7, 11) is -3.93. The van der Waals surface area contributed by atoms with Gasteiger partial charge in [0.25, 0.3) is 5.56 Å². The average molecular weight is 544 g/mol. The zero-order valence-corrected chi connectivity index (χ0v) is 22.3. The van der Waals surface area contributed by atoms with E-state index in [1.165, 1.54) is 8.87 Å². The molecule has 0 saturated carbocycles. The first kappa shape index (κ1) is 25.9. The Morgan fingerprint density at radius 2 is 1.45 bits per heavy atom. The standard InChI is InChI=1S/C30H26ClN3O3S/c1-22(33(21-20-23-10-4-2-5-11-23)38(36,37)26-12-6-3-7-13-26)29-32-28-15-9-8-14-27(28)30(35)34(29)25-18-16-24(31)17-19-25/h2-19,22H,20-21H2,1H3. The maximum absolute atomic E-state index is 14.0. The molecule has 5 rings (SSSR count). The lowest BCUT2D eigenvalue weighted by molar-refractivity contribution is 0.330. The summed E-state index contributed by atoms with van der Waals surface area (Å²) in [5.74, 6) is 0.323. The highest BCUT2D eigenvalue weighted by atomic mass is 35.5. The number of benzene rings is 4. The maximum Gasteiger partial charge on any atom is 0.266 e. The Kier molecular flexibility index (Phi) is 7.42. The summed E-state index contributed by atoms with van der Waals surface area (Å²) in [6.45, 7) is 1.97. The second-order valence-corrected chi connectivity index (χ2v) is 11.3. The highest BCUT2D eigenvalue weighted by molar-refractivity contribution is 7.89. The van der Waals surface area contributed by atoms with E-state index in [1.807, 2.05) is 36.4 Å². The minimum atomic E-state index is -3.93. The van der Waals surface area contributed by atoms with Crippen LogP contribution in [0.2, 0.25) is 5.02 Å². The lowest BCUT2D eigenvalue weighted by Gasteiger charge is -2.30. The Balaban J connectivity index is 1.69. The van der Waals surface area contributed by atoms with Crippen LogP contribution in [-0.4, -0.2) is 28.8 Å². The highest BCUT2D eigenvalue weighted by Crippen LogP contribution is 2.29. The molecular formula is C30H26ClN3O3S. The molecule has 0 bridgehead atoms. The molecule has 6 nitrogen and oxygen atoms in total. The van der Waals surface area contributed by atoms with Gasteiger partial charge in [-0.3, -0.25) is 9.36 Å². The van der Waals surface area contributed by atoms with Crippen LogP contribution < -0.4 is 5.56 Å². The van der Waals surface area contributed by atoms with Crippen molar-refractivity contribution in [2.45, 2.75) is 24.3 Å². The van der Waals surface area contributed by atoms with Crippen molar-refractivity contribution in [2.24, 2.45) is 0 Å². The van der Waals surface area contributed by atoms with Gasteiger partial charge in [0.1, 0.15) is 5.82 Å². The van der Waals surface area contributed by atoms with Gasteiger partial charge in [0, 0.05) is 11.6 Å². The Labute approximate surface area is 226 Å². The molecule has 0 fully saturated rings. The highest BCUT2D eigenvalue weighted by Gasteiger charge is 2.33. The lowest BCUT2D eigenvalue weighted by atomic mass is 10.1. The molecule has 0 amide bonds. The second-order valence-electron chi connectivity index (χ2n) is 8.94. The number of hydrogen-bond donors (Lipinski definition) is 0. The fourth-order valence-corrected chi connectivity index (χ4v) is 6.27. The predicted molar refractivity (Wildman–Crippen MR) is 151 cm³/mol. The average Bonchev–Trinajstić information content (AvgIpc) is 2.94. The van der Waals surface area contributed by atoms with E-state index in [0.29, 0.717) is 33.9 Å². The van der Waals surface area contributed by atoms with Gasteiger partial charge in [0.2, 0.25) is 10.0 Å². The molecule has 1 aromatic heterocycles. The van der Waals surface area contributed by atoms with Gasteiger partial charge in [0.05, 0.1) is 27.5 Å². The first-order valence-electron chi connectivity index (χ1n) is 12.2. The van der Waals surface area contributed by atoms with E-state index in [-0.39, 0.29) is 17.0 Å². The van der Waals surface area contributed by atoms with E-state index >= 15 is 0 Å². The van der Waals surface area contributed by atoms with Gasteiger partial charge in [-0.1, -0.05) is 72.3 Å². The van der Waals surface area contributed by atoms with Crippen LogP contribution in [0.1, 0.15) is 24.4 Å². The molecule has 0 aliphatic heterocycles. The molecule has 0 spiro atoms. The summed E-state index contributed by atoms with van der Waals surface area (Å²) in [4.78, 5) is 18.8. The summed E-state index contributed by atoms with van der Waals surface area (Å²) in [6, 6.07) is 31.2. The van der Waals surface area contributed by atoms with Crippen LogP contribution in [0.5, 0.6) is 0 Å². The summed E-state index contributed by atoms with van der Waals surface area (Å²) in [5, 5.41) is 0.974. The SMILES string of the molecule is CC(c1nc2ccccc2c(=O)n1-c1ccc(Cl)cc1)N(CCc1ccccc1)S(=O)(=O)c1ccccc1. The fourth-order valence-electron chi connectivity index (χ4n) is 4.53. The zero-order chi connectivity index (χ0) is 26.7. The van der Waals surface area contributed by atoms with Crippen molar-refractivity contribution >= 4 is 32.5 Å². The molecule has 0 saturated heterocycles. The molecule has 1 atom stereocenters. The molecule has 4 aromatic carbocycles. The van der Waals surface area contributed by atoms with E-state index in [9.17, 15) is 13.2 Å². The van der Waals surface area contributed by atoms with Crippen LogP contribution in [0.15, 0.2) is 119 Å². The first-order valence-corrected chi connectivity index (χ1v) is 14.1. The van der Waals surface area contributed by atoms with Crippen molar-refractivity contribution in [1.29, 1.82) is 0 Å². The van der Waals surface area contributed by atoms with Crippen LogP contribution in [0.4, 0.5) is 0 Å². The number of rotatable bonds is 8. The van der Waals surface area contributed by atoms with E-state index < -0.39 is 16.1 Å². The topological polar surface area (TPSA) is 72.3 Å². The Hall–Kier alpha value is -3.78. The Bertz CT molecular complexity index is 1720. The number of fused-ring (bicyclic) bond motifs is 1. The van der Waals surface area contributed by atoms with E-state index in [2.05, 4.69) is 0 Å². The number of halogens is 1. The molecule has 1 heterocycles. The zero-order valence-electron chi connectivity index (χ0n) is 20.7. The van der Waals surface area contributed by atoms with Crippen LogP contribution in [0.3, 0.4) is 0 Å². The van der Waals surface area contributed by atoms with Crippen molar-refractivity contribution in [2.75, 3.05) is 6.54 Å². The molecule has 1 unspecified atom stereocenters. The van der Waals surface area contributed by atoms with Crippen LogP contribution >= 0.6 is 11.6 Å². The van der Waals surface area contributed by atoms with Gasteiger partial charge in [-0.25, -0.2) is 13.4 Å². The van der Waals surface area contributed by atoms with Crippen molar-refractivity contribution in [3.05, 3.63) is 136 Å². The fraction of sp³-hybridized carbons (Fsp3) is 0.133. The molecule has 5 aromatic rings. The summed E-state index contributed by atoms with van der Waals surface area (Å²) < 4.78 is 30.9. The third-order valence-electron chi connectivity index (χ3n) is 6.51. The van der Waals surface area contributed by atoms with Crippen LogP contribution in [0.25, 0.3) is 16.6 Å². The van der Waals surface area contributed by atoms with Crippen molar-refractivity contribution < 1.29 is 8.42 Å². The van der Waals surface area contributed by atoms with Crippen molar-refractivity contribution in [3.8, 4) is 5.69 Å². The molecule has 0 radical (unpaired) electrons. The van der Waals surface area contributed by atoms with Crippen LogP contribution in [0, 0.1) is 0 Å². The maximum atomic E-state index is 14.0. The van der Waals surface area contributed by atoms with Gasteiger partial charge in [-0.2, -0.15) is 4.31 Å². The summed E-state index contributed by atoms with van der Waals surface area (Å²) in [6.07, 6.45) is 0.496. The monoisotopic (exact) mass is 543 g/mol. The Morgan fingerprint density at radius 1 is 0.842 bits per heavy atom. The third kappa shape index (κ3) is 5.13. The molecule has 192 valence electrons. The molecule has 38 heavy (non-hydrogen) atoms. The Morgan fingerprint density at radius 3 is 2.13 bits per heavy atom. The van der Waals surface area contributed by atoms with E-state index in [1.54, 1.807) is 79.7 Å². The number of nitrogens with zero attached hydrogens (tertiary/aromatic N) is 3. The number of aromatic nitrogens is 2. The molecule has 0 aliphatic rings. The van der Waals surface area contributed by atoms with Gasteiger partial charge in [-0.15, -0.1) is 0 Å². The quantitative estimate of drug-likeness (QED) is 0.239. The molecule has 0 N–H and O–H groups in total.